The van der Waals surface area contributed by atoms with Gasteiger partial charge in [-0.1, -0.05) is 6.07 Å². The van der Waals surface area contributed by atoms with E-state index in [4.69, 9.17) is 18.9 Å². The molecule has 0 fully saturated rings. The van der Waals surface area contributed by atoms with Gasteiger partial charge in [0.25, 0.3) is 0 Å². The molecular weight excluding hydrogens is 682 g/mol. The fourth-order valence-corrected chi connectivity index (χ4v) is 4.07. The molecule has 0 amide bonds. The Morgan fingerprint density at radius 1 is 0.531 bits per heavy atom. The normalized spacial score (nSPS) is 12.4. The number of alkyl halides is 10. The van der Waals surface area contributed by atoms with Crippen LogP contribution in [0.2, 0.25) is 0 Å². The van der Waals surface area contributed by atoms with E-state index in [1.165, 1.54) is 73.7 Å². The first-order chi connectivity index (χ1) is 22.8. The SMILES string of the molecule is Cc1c(OC(=O)c2ccc(OCCCCC(F)(F)C(F)(F)F)cc2)cccc1OC(=O)c1ccc(OCCCCC(F)(F)C(F)(F)F)cc1. The number of carbonyl (C=O) groups is 2. The number of rotatable bonds is 16. The molecule has 16 heteroatoms. The maximum Gasteiger partial charge on any atom is 0.453 e. The largest absolute Gasteiger partial charge is 0.494 e. The van der Waals surface area contributed by atoms with Gasteiger partial charge in [-0.15, -0.1) is 0 Å². The number of esters is 2. The summed E-state index contributed by atoms with van der Waals surface area (Å²) in [5.74, 6) is -10.5. The van der Waals surface area contributed by atoms with Gasteiger partial charge in [0.1, 0.15) is 23.0 Å². The number of carbonyl (C=O) groups excluding carboxylic acids is 2. The second-order valence-electron chi connectivity index (χ2n) is 10.7. The monoisotopic (exact) mass is 712 g/mol. The molecule has 0 aliphatic carbocycles. The average molecular weight is 713 g/mol. The van der Waals surface area contributed by atoms with Gasteiger partial charge in [0.15, 0.2) is 0 Å². The molecule has 0 N–H and O–H groups in total. The summed E-state index contributed by atoms with van der Waals surface area (Å²) in [7, 11) is 0. The van der Waals surface area contributed by atoms with Crippen molar-refractivity contribution >= 4 is 11.9 Å². The highest BCUT2D eigenvalue weighted by Gasteiger charge is 2.57. The van der Waals surface area contributed by atoms with Crippen LogP contribution in [-0.4, -0.2) is 49.4 Å². The van der Waals surface area contributed by atoms with Gasteiger partial charge < -0.3 is 18.9 Å². The molecule has 0 aliphatic rings. The van der Waals surface area contributed by atoms with E-state index in [2.05, 4.69) is 0 Å². The summed E-state index contributed by atoms with van der Waals surface area (Å²) in [6.45, 7) is 1.29. The third-order valence-corrected chi connectivity index (χ3v) is 6.96. The van der Waals surface area contributed by atoms with E-state index in [-0.39, 0.29) is 60.2 Å². The lowest BCUT2D eigenvalue weighted by molar-refractivity contribution is -0.284. The molecule has 0 heterocycles. The first kappa shape index (κ1) is 38.9. The van der Waals surface area contributed by atoms with E-state index < -0.39 is 61.8 Å². The van der Waals surface area contributed by atoms with E-state index in [1.807, 2.05) is 0 Å². The zero-order chi connectivity index (χ0) is 36.5. The maximum atomic E-state index is 13.0. The number of ether oxygens (including phenoxy) is 4. The molecule has 6 nitrogen and oxygen atoms in total. The zero-order valence-electron chi connectivity index (χ0n) is 25.7. The van der Waals surface area contributed by atoms with Crippen molar-refractivity contribution in [3.8, 4) is 23.0 Å². The topological polar surface area (TPSA) is 71.1 Å². The van der Waals surface area contributed by atoms with Crippen LogP contribution in [-0.2, 0) is 0 Å². The first-order valence-corrected chi connectivity index (χ1v) is 14.7. The minimum Gasteiger partial charge on any atom is -0.494 e. The van der Waals surface area contributed by atoms with Crippen molar-refractivity contribution in [3.05, 3.63) is 83.4 Å². The van der Waals surface area contributed by atoms with Gasteiger partial charge in [-0.05, 0) is 93.3 Å². The second kappa shape index (κ2) is 16.3. The lowest BCUT2D eigenvalue weighted by Gasteiger charge is -2.19. The number of hydrogen-bond donors (Lipinski definition) is 0. The van der Waals surface area contributed by atoms with Crippen molar-refractivity contribution in [2.45, 2.75) is 69.6 Å². The van der Waals surface area contributed by atoms with Crippen molar-refractivity contribution in [3.63, 3.8) is 0 Å². The zero-order valence-corrected chi connectivity index (χ0v) is 25.7. The van der Waals surface area contributed by atoms with Crippen molar-refractivity contribution in [2.24, 2.45) is 0 Å². The van der Waals surface area contributed by atoms with Crippen LogP contribution in [0, 0.1) is 6.92 Å². The fourth-order valence-electron chi connectivity index (χ4n) is 4.07. The predicted molar refractivity (Wildman–Crippen MR) is 155 cm³/mol. The molecule has 3 aromatic carbocycles. The van der Waals surface area contributed by atoms with Gasteiger partial charge in [-0.2, -0.15) is 43.9 Å². The number of hydrogen-bond acceptors (Lipinski definition) is 6. The number of unbranched alkanes of at least 4 members (excludes halogenated alkanes) is 2. The Kier molecular flexibility index (Phi) is 12.9. The van der Waals surface area contributed by atoms with E-state index >= 15 is 0 Å². The Bertz CT molecular complexity index is 1420. The Hall–Kier alpha value is -4.50. The molecule has 0 saturated heterocycles. The predicted octanol–water partition coefficient (Wildman–Crippen LogP) is 9.93. The fraction of sp³-hybridized carbons (Fsp3) is 0.394. The Balaban J connectivity index is 1.47. The van der Waals surface area contributed by atoms with Crippen LogP contribution in [0.3, 0.4) is 0 Å². The molecule has 0 bridgehead atoms. The highest BCUT2D eigenvalue weighted by atomic mass is 19.4. The van der Waals surface area contributed by atoms with Crippen LogP contribution in [0.4, 0.5) is 43.9 Å². The Morgan fingerprint density at radius 3 is 1.20 bits per heavy atom. The van der Waals surface area contributed by atoms with Gasteiger partial charge in [-0.3, -0.25) is 0 Å². The smallest absolute Gasteiger partial charge is 0.453 e. The van der Waals surface area contributed by atoms with Crippen molar-refractivity contribution in [2.75, 3.05) is 13.2 Å². The highest BCUT2D eigenvalue weighted by molar-refractivity contribution is 5.92. The summed E-state index contributed by atoms with van der Waals surface area (Å²) >= 11 is 0. The molecule has 0 radical (unpaired) electrons. The van der Waals surface area contributed by atoms with Crippen molar-refractivity contribution in [1.29, 1.82) is 0 Å². The third kappa shape index (κ3) is 11.3. The molecule has 3 aromatic rings. The van der Waals surface area contributed by atoms with E-state index in [9.17, 15) is 53.5 Å². The van der Waals surface area contributed by atoms with Gasteiger partial charge >= 0.3 is 36.1 Å². The van der Waals surface area contributed by atoms with Crippen LogP contribution in [0.25, 0.3) is 0 Å². The lowest BCUT2D eigenvalue weighted by Crippen LogP contribution is -2.36. The standard InChI is InChI=1S/C33H30F10O6/c1-21-26(48-28(44)22-9-13-24(14-10-22)46-19-4-2-17-30(34,35)32(38,39)40)7-6-8-27(21)49-29(45)23-11-15-25(16-12-23)47-20-5-3-18-31(36,37)33(41,42)43/h6-16H,2-5,17-20H2,1H3. The molecule has 268 valence electrons. The first-order valence-electron chi connectivity index (χ1n) is 14.7. The molecule has 0 atom stereocenters. The summed E-state index contributed by atoms with van der Waals surface area (Å²) in [5, 5.41) is 0. The Morgan fingerprint density at radius 2 is 0.878 bits per heavy atom. The van der Waals surface area contributed by atoms with Crippen molar-refractivity contribution in [1.82, 2.24) is 0 Å². The summed E-state index contributed by atoms with van der Waals surface area (Å²) in [6, 6.07) is 15.4. The summed E-state index contributed by atoms with van der Waals surface area (Å²) < 4.78 is 147. The highest BCUT2D eigenvalue weighted by Crippen LogP contribution is 2.40. The molecule has 0 spiro atoms. The van der Waals surface area contributed by atoms with Crippen LogP contribution in [0.15, 0.2) is 66.7 Å². The number of halogens is 10. The lowest BCUT2D eigenvalue weighted by atomic mass is 10.1. The van der Waals surface area contributed by atoms with Gasteiger partial charge in [-0.25, -0.2) is 9.59 Å². The minimum absolute atomic E-state index is 0.0534. The maximum absolute atomic E-state index is 13.0. The molecule has 0 unspecified atom stereocenters. The summed E-state index contributed by atoms with van der Waals surface area (Å²) in [5.41, 5.74) is 0.498. The quantitative estimate of drug-likeness (QED) is 0.0638. The van der Waals surface area contributed by atoms with Gasteiger partial charge in [0.05, 0.1) is 24.3 Å². The van der Waals surface area contributed by atoms with E-state index in [1.54, 1.807) is 0 Å². The van der Waals surface area contributed by atoms with Crippen LogP contribution >= 0.6 is 0 Å². The molecule has 49 heavy (non-hydrogen) atoms. The van der Waals surface area contributed by atoms with Crippen molar-refractivity contribution < 1.29 is 72.4 Å². The van der Waals surface area contributed by atoms with E-state index in [0.29, 0.717) is 5.56 Å². The van der Waals surface area contributed by atoms with Gasteiger partial charge in [0.2, 0.25) is 0 Å². The minimum atomic E-state index is -5.61. The van der Waals surface area contributed by atoms with Crippen LogP contribution < -0.4 is 18.9 Å². The molecule has 3 rings (SSSR count). The summed E-state index contributed by atoms with van der Waals surface area (Å²) in [6.07, 6.45) is -14.9. The molecule has 0 saturated carbocycles. The average Bonchev–Trinajstić information content (AvgIpc) is 3.02. The van der Waals surface area contributed by atoms with E-state index in [0.717, 1.165) is 0 Å². The second-order valence-corrected chi connectivity index (χ2v) is 10.7. The molecule has 0 aliphatic heterocycles. The number of benzene rings is 3. The van der Waals surface area contributed by atoms with Crippen LogP contribution in [0.5, 0.6) is 23.0 Å². The molecular formula is C33H30F10O6. The third-order valence-electron chi connectivity index (χ3n) is 6.96. The molecule has 0 aromatic heterocycles. The summed E-state index contributed by atoms with van der Waals surface area (Å²) in [4.78, 5) is 25.4. The Labute approximate surface area is 273 Å². The van der Waals surface area contributed by atoms with Crippen LogP contribution in [0.1, 0.15) is 64.8 Å². The van der Waals surface area contributed by atoms with Gasteiger partial charge in [0, 0.05) is 18.4 Å².